The highest BCUT2D eigenvalue weighted by Gasteiger charge is 2.13. The van der Waals surface area contributed by atoms with E-state index in [4.69, 9.17) is 4.74 Å². The molecule has 0 radical (unpaired) electrons. The van der Waals surface area contributed by atoms with Crippen molar-refractivity contribution in [3.8, 4) is 0 Å². The molecule has 1 fully saturated rings. The van der Waals surface area contributed by atoms with Crippen LogP contribution in [-0.2, 0) is 4.74 Å². The van der Waals surface area contributed by atoms with Crippen LogP contribution in [0.15, 0.2) is 12.3 Å². The van der Waals surface area contributed by atoms with Crippen molar-refractivity contribution in [2.45, 2.75) is 19.8 Å². The third kappa shape index (κ3) is 3.16. The summed E-state index contributed by atoms with van der Waals surface area (Å²) in [4.78, 5) is 8.37. The lowest BCUT2D eigenvalue weighted by atomic mass is 10.0. The highest BCUT2D eigenvalue weighted by Crippen LogP contribution is 2.15. The van der Waals surface area contributed by atoms with Gasteiger partial charge >= 0.3 is 0 Å². The Bertz CT molecular complexity index is 310. The molecule has 2 rings (SSSR count). The zero-order chi connectivity index (χ0) is 10.5. The van der Waals surface area contributed by atoms with Gasteiger partial charge in [0.2, 0.25) is 0 Å². The normalized spacial score (nSPS) is 17.7. The summed E-state index contributed by atoms with van der Waals surface area (Å²) in [6.07, 6.45) is 4.09. The Morgan fingerprint density at radius 3 is 3.00 bits per heavy atom. The van der Waals surface area contributed by atoms with Gasteiger partial charge < -0.3 is 10.1 Å². The lowest BCUT2D eigenvalue weighted by Gasteiger charge is -2.22. The van der Waals surface area contributed by atoms with Crippen LogP contribution in [0.25, 0.3) is 0 Å². The summed E-state index contributed by atoms with van der Waals surface area (Å²) in [6.45, 7) is 4.68. The second-order valence-corrected chi connectivity index (χ2v) is 3.93. The first kappa shape index (κ1) is 10.4. The van der Waals surface area contributed by atoms with Crippen molar-refractivity contribution in [2.75, 3.05) is 25.1 Å². The van der Waals surface area contributed by atoms with Crippen molar-refractivity contribution in [1.29, 1.82) is 0 Å². The molecule has 1 aromatic heterocycles. The minimum atomic E-state index is 0.717. The SMILES string of the molecule is Cc1nccc(NCC2CCOCC2)n1. The van der Waals surface area contributed by atoms with Crippen molar-refractivity contribution >= 4 is 5.82 Å². The van der Waals surface area contributed by atoms with Crippen molar-refractivity contribution in [3.63, 3.8) is 0 Å². The lowest BCUT2D eigenvalue weighted by molar-refractivity contribution is 0.0699. The number of nitrogens with zero attached hydrogens (tertiary/aromatic N) is 2. The topological polar surface area (TPSA) is 47.0 Å². The fourth-order valence-electron chi connectivity index (χ4n) is 1.75. The zero-order valence-corrected chi connectivity index (χ0v) is 9.07. The van der Waals surface area contributed by atoms with Gasteiger partial charge in [0.05, 0.1) is 0 Å². The Morgan fingerprint density at radius 2 is 2.27 bits per heavy atom. The molecular weight excluding hydrogens is 190 g/mol. The number of nitrogens with one attached hydrogen (secondary N) is 1. The van der Waals surface area contributed by atoms with Crippen LogP contribution in [0.3, 0.4) is 0 Å². The summed E-state index contributed by atoms with van der Waals surface area (Å²) in [5, 5.41) is 3.35. The Kier molecular flexibility index (Phi) is 3.50. The largest absolute Gasteiger partial charge is 0.381 e. The van der Waals surface area contributed by atoms with Crippen LogP contribution < -0.4 is 5.32 Å². The van der Waals surface area contributed by atoms with Crippen LogP contribution in [0.2, 0.25) is 0 Å². The fraction of sp³-hybridized carbons (Fsp3) is 0.636. The molecule has 0 atom stereocenters. The molecule has 0 spiro atoms. The van der Waals surface area contributed by atoms with Gasteiger partial charge in [-0.25, -0.2) is 9.97 Å². The average Bonchev–Trinajstić information content (AvgIpc) is 2.28. The molecule has 0 bridgehead atoms. The Morgan fingerprint density at radius 1 is 1.47 bits per heavy atom. The van der Waals surface area contributed by atoms with Gasteiger partial charge in [0.15, 0.2) is 0 Å². The second kappa shape index (κ2) is 5.07. The summed E-state index contributed by atoms with van der Waals surface area (Å²) in [7, 11) is 0. The third-order valence-corrected chi connectivity index (χ3v) is 2.69. The van der Waals surface area contributed by atoms with Crippen molar-refractivity contribution in [3.05, 3.63) is 18.1 Å². The van der Waals surface area contributed by atoms with E-state index in [1.165, 1.54) is 0 Å². The number of aryl methyl sites for hydroxylation is 1. The van der Waals surface area contributed by atoms with Gasteiger partial charge in [-0.3, -0.25) is 0 Å². The molecule has 1 N–H and O–H groups in total. The van der Waals surface area contributed by atoms with E-state index in [1.807, 2.05) is 13.0 Å². The molecule has 1 aliphatic rings. The molecule has 15 heavy (non-hydrogen) atoms. The maximum absolute atomic E-state index is 5.32. The second-order valence-electron chi connectivity index (χ2n) is 3.93. The summed E-state index contributed by atoms with van der Waals surface area (Å²) in [5.74, 6) is 2.45. The van der Waals surface area contributed by atoms with E-state index in [-0.39, 0.29) is 0 Å². The fourth-order valence-corrected chi connectivity index (χ4v) is 1.75. The van der Waals surface area contributed by atoms with Gasteiger partial charge in [-0.15, -0.1) is 0 Å². The summed E-state index contributed by atoms with van der Waals surface area (Å²) in [6, 6.07) is 1.91. The third-order valence-electron chi connectivity index (χ3n) is 2.69. The van der Waals surface area contributed by atoms with Crippen LogP contribution in [0.4, 0.5) is 5.82 Å². The minimum absolute atomic E-state index is 0.717. The first-order valence-corrected chi connectivity index (χ1v) is 5.46. The van der Waals surface area contributed by atoms with Gasteiger partial charge in [0.1, 0.15) is 11.6 Å². The van der Waals surface area contributed by atoms with E-state index in [0.717, 1.165) is 44.2 Å². The van der Waals surface area contributed by atoms with Gasteiger partial charge in [-0.2, -0.15) is 0 Å². The zero-order valence-electron chi connectivity index (χ0n) is 9.07. The number of ether oxygens (including phenoxy) is 1. The van der Waals surface area contributed by atoms with Gasteiger partial charge in [0.25, 0.3) is 0 Å². The number of hydrogen-bond donors (Lipinski definition) is 1. The van der Waals surface area contributed by atoms with Crippen molar-refractivity contribution in [1.82, 2.24) is 9.97 Å². The Labute approximate surface area is 90.1 Å². The smallest absolute Gasteiger partial charge is 0.129 e. The number of anilines is 1. The molecule has 0 saturated carbocycles. The molecule has 1 aromatic rings. The summed E-state index contributed by atoms with van der Waals surface area (Å²) >= 11 is 0. The van der Waals surface area contributed by atoms with E-state index in [2.05, 4.69) is 15.3 Å². The molecule has 0 aliphatic carbocycles. The molecule has 0 unspecified atom stereocenters. The average molecular weight is 207 g/mol. The molecule has 1 aliphatic heterocycles. The van der Waals surface area contributed by atoms with Crippen LogP contribution in [0, 0.1) is 12.8 Å². The molecule has 4 heteroatoms. The van der Waals surface area contributed by atoms with E-state index in [1.54, 1.807) is 6.20 Å². The summed E-state index contributed by atoms with van der Waals surface area (Å²) < 4.78 is 5.32. The highest BCUT2D eigenvalue weighted by atomic mass is 16.5. The van der Waals surface area contributed by atoms with Crippen LogP contribution in [0.1, 0.15) is 18.7 Å². The van der Waals surface area contributed by atoms with Crippen LogP contribution in [0.5, 0.6) is 0 Å². The predicted octanol–water partition coefficient (Wildman–Crippen LogP) is 1.62. The molecule has 1 saturated heterocycles. The standard InChI is InChI=1S/C11H17N3O/c1-9-12-5-2-11(14-9)13-8-10-3-6-15-7-4-10/h2,5,10H,3-4,6-8H2,1H3,(H,12,13,14). The molecular formula is C11H17N3O. The van der Waals surface area contributed by atoms with Crippen LogP contribution >= 0.6 is 0 Å². The Balaban J connectivity index is 1.81. The number of rotatable bonds is 3. The van der Waals surface area contributed by atoms with Crippen molar-refractivity contribution in [2.24, 2.45) is 5.92 Å². The first-order valence-electron chi connectivity index (χ1n) is 5.46. The maximum Gasteiger partial charge on any atom is 0.129 e. The highest BCUT2D eigenvalue weighted by molar-refractivity contribution is 5.32. The molecule has 0 aromatic carbocycles. The van der Waals surface area contributed by atoms with E-state index in [9.17, 15) is 0 Å². The van der Waals surface area contributed by atoms with Crippen LogP contribution in [-0.4, -0.2) is 29.7 Å². The maximum atomic E-state index is 5.32. The first-order chi connectivity index (χ1) is 7.34. The van der Waals surface area contributed by atoms with Crippen molar-refractivity contribution < 1.29 is 4.74 Å². The monoisotopic (exact) mass is 207 g/mol. The van der Waals surface area contributed by atoms with Gasteiger partial charge in [0, 0.05) is 26.0 Å². The quantitative estimate of drug-likeness (QED) is 0.818. The van der Waals surface area contributed by atoms with Gasteiger partial charge in [-0.1, -0.05) is 0 Å². The van der Waals surface area contributed by atoms with E-state index in [0.29, 0.717) is 5.92 Å². The van der Waals surface area contributed by atoms with E-state index >= 15 is 0 Å². The summed E-state index contributed by atoms with van der Waals surface area (Å²) in [5.41, 5.74) is 0. The number of hydrogen-bond acceptors (Lipinski definition) is 4. The molecule has 82 valence electrons. The molecule has 4 nitrogen and oxygen atoms in total. The molecule has 0 amide bonds. The predicted molar refractivity (Wildman–Crippen MR) is 58.8 cm³/mol. The lowest BCUT2D eigenvalue weighted by Crippen LogP contribution is -2.23. The van der Waals surface area contributed by atoms with Gasteiger partial charge in [-0.05, 0) is 31.7 Å². The number of aromatic nitrogens is 2. The molecule has 2 heterocycles. The van der Waals surface area contributed by atoms with E-state index < -0.39 is 0 Å². The minimum Gasteiger partial charge on any atom is -0.381 e. The Hall–Kier alpha value is -1.16.